The third-order valence-electron chi connectivity index (χ3n) is 11.4. The maximum Gasteiger partial charge on any atom is 0.261 e. The molecule has 6 heteroatoms. The number of benzene rings is 4. The number of aliphatic hydroxyl groups excluding tert-OH is 2. The summed E-state index contributed by atoms with van der Waals surface area (Å²) >= 11 is 0. The van der Waals surface area contributed by atoms with Crippen LogP contribution in [0.1, 0.15) is 88.5 Å². The van der Waals surface area contributed by atoms with Gasteiger partial charge in [0.05, 0.1) is 25.4 Å². The second-order valence-corrected chi connectivity index (χ2v) is 26.6. The van der Waals surface area contributed by atoms with E-state index in [9.17, 15) is 10.2 Å². The first-order valence-corrected chi connectivity index (χ1v) is 23.7. The summed E-state index contributed by atoms with van der Waals surface area (Å²) in [5.41, 5.74) is 0. The van der Waals surface area contributed by atoms with Crippen LogP contribution in [0.5, 0.6) is 0 Å². The van der Waals surface area contributed by atoms with Crippen molar-refractivity contribution in [3.8, 4) is 0 Å². The van der Waals surface area contributed by atoms with Crippen LogP contribution in [0.4, 0.5) is 0 Å². The highest BCUT2D eigenvalue weighted by Gasteiger charge is 2.51. The molecule has 4 aromatic rings. The summed E-state index contributed by atoms with van der Waals surface area (Å²) in [7, 11) is -5.43. The molecule has 0 aliphatic heterocycles. The monoisotopic (exact) mass is 752 g/mol. The fourth-order valence-corrected chi connectivity index (χ4v) is 17.9. The van der Waals surface area contributed by atoms with Gasteiger partial charge in [-0.2, -0.15) is 0 Å². The molecule has 0 heterocycles. The van der Waals surface area contributed by atoms with Crippen LogP contribution in [-0.2, 0) is 8.85 Å². The van der Waals surface area contributed by atoms with Crippen LogP contribution in [0.3, 0.4) is 0 Å². The summed E-state index contributed by atoms with van der Waals surface area (Å²) in [6.45, 7) is 23.2. The highest BCUT2D eigenvalue weighted by Crippen LogP contribution is 2.38. The minimum absolute atomic E-state index is 0.0956. The maximum atomic E-state index is 11.5. The molecule has 0 unspecified atom stereocenters. The Morgan fingerprint density at radius 3 is 0.906 bits per heavy atom. The third kappa shape index (κ3) is 10.3. The van der Waals surface area contributed by atoms with Gasteiger partial charge in [0.25, 0.3) is 16.6 Å². The van der Waals surface area contributed by atoms with E-state index in [1.165, 1.54) is 20.7 Å². The molecular formula is C47H68O4Si2. The van der Waals surface area contributed by atoms with Crippen LogP contribution in [0.2, 0.25) is 10.1 Å². The molecule has 0 aliphatic rings. The Hall–Kier alpha value is -2.85. The lowest BCUT2D eigenvalue weighted by atomic mass is 9.83. The lowest BCUT2D eigenvalue weighted by Crippen LogP contribution is -2.67. The van der Waals surface area contributed by atoms with Gasteiger partial charge in [0.1, 0.15) is 0 Å². The van der Waals surface area contributed by atoms with E-state index in [1.54, 1.807) is 0 Å². The summed E-state index contributed by atoms with van der Waals surface area (Å²) in [6, 6.07) is 42.6. The van der Waals surface area contributed by atoms with Crippen LogP contribution in [0.25, 0.3) is 0 Å². The maximum absolute atomic E-state index is 11.5. The fraction of sp³-hybridized carbons (Fsp3) is 0.489. The molecule has 2 N–H and O–H groups in total. The lowest BCUT2D eigenvalue weighted by molar-refractivity contribution is 0.0438. The van der Waals surface area contributed by atoms with Crippen LogP contribution in [-0.4, -0.2) is 52.3 Å². The Balaban J connectivity index is 1.36. The Morgan fingerprint density at radius 2 is 0.679 bits per heavy atom. The van der Waals surface area contributed by atoms with Crippen molar-refractivity contribution in [1.82, 2.24) is 0 Å². The summed E-state index contributed by atoms with van der Waals surface area (Å²) in [5.74, 6) is 1.05. The third-order valence-corrected chi connectivity index (χ3v) is 21.5. The van der Waals surface area contributed by atoms with Crippen molar-refractivity contribution >= 4 is 37.4 Å². The average molecular weight is 753 g/mol. The smallest absolute Gasteiger partial charge is 0.261 e. The van der Waals surface area contributed by atoms with E-state index in [2.05, 4.69) is 191 Å². The molecule has 0 aromatic heterocycles. The summed E-state index contributed by atoms with van der Waals surface area (Å²) < 4.78 is 14.1. The van der Waals surface area contributed by atoms with Crippen molar-refractivity contribution in [2.75, 3.05) is 13.2 Å². The summed E-state index contributed by atoms with van der Waals surface area (Å²) in [6.07, 6.45) is 1.76. The molecule has 4 rings (SSSR count). The fourth-order valence-electron chi connectivity index (χ4n) is 8.74. The molecule has 0 amide bonds. The van der Waals surface area contributed by atoms with Crippen molar-refractivity contribution < 1.29 is 19.1 Å². The van der Waals surface area contributed by atoms with Crippen LogP contribution < -0.4 is 20.7 Å². The van der Waals surface area contributed by atoms with Gasteiger partial charge in [-0.25, -0.2) is 0 Å². The molecule has 0 saturated carbocycles. The van der Waals surface area contributed by atoms with Gasteiger partial charge in [-0.15, -0.1) is 0 Å². The van der Waals surface area contributed by atoms with E-state index in [1.807, 2.05) is 0 Å². The molecule has 0 saturated heterocycles. The van der Waals surface area contributed by atoms with Crippen molar-refractivity contribution in [2.45, 2.75) is 111 Å². The van der Waals surface area contributed by atoms with Crippen LogP contribution in [0, 0.1) is 23.7 Å². The highest BCUT2D eigenvalue weighted by atomic mass is 28.4. The van der Waals surface area contributed by atoms with E-state index in [-0.39, 0.29) is 21.9 Å². The molecule has 0 bridgehead atoms. The second kappa shape index (κ2) is 18.7. The molecule has 288 valence electrons. The van der Waals surface area contributed by atoms with Gasteiger partial charge < -0.3 is 19.1 Å². The number of hydrogen-bond donors (Lipinski definition) is 2. The van der Waals surface area contributed by atoms with Gasteiger partial charge in [-0.05, 0) is 73.8 Å². The predicted octanol–water partition coefficient (Wildman–Crippen LogP) is 8.58. The Kier molecular flexibility index (Phi) is 15.1. The molecule has 53 heavy (non-hydrogen) atoms. The summed E-state index contributed by atoms with van der Waals surface area (Å²) in [4.78, 5) is 0. The molecular weight excluding hydrogens is 685 g/mol. The highest BCUT2D eigenvalue weighted by molar-refractivity contribution is 7.00. The quantitative estimate of drug-likeness (QED) is 0.100. The SMILES string of the molecule is C[C@H](C[C@H](C)C[C@H](C)[C@@H](O)CO[Si](c1ccccc1)(c1ccccc1)C(C)(C)C)C[C@H](C)[C@@H](O)CO[Si](c1ccccc1)(c1ccccc1)C(C)(C)C. The van der Waals surface area contributed by atoms with Crippen molar-refractivity contribution in [3.63, 3.8) is 0 Å². The zero-order valence-electron chi connectivity index (χ0n) is 34.3. The van der Waals surface area contributed by atoms with E-state index >= 15 is 0 Å². The summed E-state index contributed by atoms with van der Waals surface area (Å²) in [5, 5.41) is 27.7. The average Bonchev–Trinajstić information content (AvgIpc) is 3.12. The Bertz CT molecular complexity index is 1420. The number of hydrogen-bond acceptors (Lipinski definition) is 4. The van der Waals surface area contributed by atoms with Gasteiger partial charge in [-0.3, -0.25) is 0 Å². The van der Waals surface area contributed by atoms with Gasteiger partial charge in [0.2, 0.25) is 0 Å². The van der Waals surface area contributed by atoms with Crippen molar-refractivity contribution in [1.29, 1.82) is 0 Å². The standard InChI is InChI=1S/C47H68O4Si2/c1-36(32-38(3)44(48)34-50-52(46(5,6)7,40-23-15-11-16-24-40)41-25-17-12-18-26-41)31-37(2)33-39(4)45(49)35-51-53(47(8,9)10,42-27-19-13-20-28-42)43-29-21-14-22-30-43/h11-30,36-39,44-45,48-49H,31-35H2,1-10H3/t36-,37+,38-,39-,44-,45-/m0/s1. The molecule has 0 spiro atoms. The van der Waals surface area contributed by atoms with Gasteiger partial charge in [0, 0.05) is 0 Å². The zero-order chi connectivity index (χ0) is 38.9. The van der Waals surface area contributed by atoms with Gasteiger partial charge in [0.15, 0.2) is 0 Å². The topological polar surface area (TPSA) is 58.9 Å². The molecule has 0 fully saturated rings. The van der Waals surface area contributed by atoms with Crippen molar-refractivity contribution in [2.24, 2.45) is 23.7 Å². The van der Waals surface area contributed by atoms with Gasteiger partial charge in [-0.1, -0.05) is 191 Å². The van der Waals surface area contributed by atoms with E-state index < -0.39 is 28.8 Å². The molecule has 4 aromatic carbocycles. The minimum atomic E-state index is -2.71. The Morgan fingerprint density at radius 1 is 0.434 bits per heavy atom. The molecule has 0 radical (unpaired) electrons. The number of aliphatic hydroxyl groups is 2. The minimum Gasteiger partial charge on any atom is -0.405 e. The number of rotatable bonds is 18. The molecule has 6 atom stereocenters. The van der Waals surface area contributed by atoms with Gasteiger partial charge >= 0.3 is 0 Å². The first-order valence-electron chi connectivity index (χ1n) is 19.9. The van der Waals surface area contributed by atoms with Crippen LogP contribution in [0.15, 0.2) is 121 Å². The first-order chi connectivity index (χ1) is 25.0. The molecule has 4 nitrogen and oxygen atoms in total. The Labute approximate surface area is 324 Å². The lowest BCUT2D eigenvalue weighted by Gasteiger charge is -2.43. The van der Waals surface area contributed by atoms with E-state index in [4.69, 9.17) is 8.85 Å². The van der Waals surface area contributed by atoms with Crippen molar-refractivity contribution in [3.05, 3.63) is 121 Å². The van der Waals surface area contributed by atoms with E-state index in [0.717, 1.165) is 19.3 Å². The predicted molar refractivity (Wildman–Crippen MR) is 230 cm³/mol. The first kappa shape index (κ1) is 42.9. The normalized spacial score (nSPS) is 16.4. The molecule has 0 aliphatic carbocycles. The zero-order valence-corrected chi connectivity index (χ0v) is 36.3. The second-order valence-electron chi connectivity index (χ2n) is 18.0. The van der Waals surface area contributed by atoms with Crippen LogP contribution >= 0.6 is 0 Å². The largest absolute Gasteiger partial charge is 0.405 e. The van der Waals surface area contributed by atoms with E-state index in [0.29, 0.717) is 25.0 Å².